The van der Waals surface area contributed by atoms with Crippen LogP contribution in [-0.2, 0) is 14.8 Å². The number of amides is 2. The molecule has 0 saturated carbocycles. The Kier molecular flexibility index (Phi) is 6.63. The van der Waals surface area contributed by atoms with Crippen molar-refractivity contribution >= 4 is 27.5 Å². The highest BCUT2D eigenvalue weighted by Gasteiger charge is 2.30. The Morgan fingerprint density at radius 2 is 1.62 bits per heavy atom. The number of hydrogen-bond donors (Lipinski definition) is 3. The number of sulfonamides is 1. The van der Waals surface area contributed by atoms with Gasteiger partial charge in [-0.25, -0.2) is 8.42 Å². The van der Waals surface area contributed by atoms with Crippen molar-refractivity contribution in [3.63, 3.8) is 0 Å². The van der Waals surface area contributed by atoms with Gasteiger partial charge in [0.1, 0.15) is 0 Å². The number of nitrogens with zero attached hydrogens (tertiary/aromatic N) is 1. The highest BCUT2D eigenvalue weighted by molar-refractivity contribution is 7.89. The quantitative estimate of drug-likeness (QED) is 0.594. The highest BCUT2D eigenvalue weighted by atomic mass is 32.2. The summed E-state index contributed by atoms with van der Waals surface area (Å²) >= 11 is 0. The van der Waals surface area contributed by atoms with E-state index in [0.29, 0.717) is 42.3 Å². The Bertz CT molecular complexity index is 954. The van der Waals surface area contributed by atoms with E-state index in [1.54, 1.807) is 61.6 Å². The van der Waals surface area contributed by atoms with E-state index in [-0.39, 0.29) is 18.4 Å². The van der Waals surface area contributed by atoms with E-state index in [1.807, 2.05) is 0 Å². The Balaban J connectivity index is 1.50. The molecule has 29 heavy (non-hydrogen) atoms. The minimum atomic E-state index is -3.49. The molecule has 1 aliphatic rings. The van der Waals surface area contributed by atoms with E-state index in [0.717, 1.165) is 4.90 Å². The van der Waals surface area contributed by atoms with Crippen molar-refractivity contribution < 1.29 is 22.9 Å². The van der Waals surface area contributed by atoms with Gasteiger partial charge >= 0.3 is 0 Å². The molecular weight excluding hydrogens is 392 g/mol. The summed E-state index contributed by atoms with van der Waals surface area (Å²) in [6, 6.07) is 15.0. The average Bonchev–Trinajstić information content (AvgIpc) is 2.74. The number of quaternary nitrogens is 1. The van der Waals surface area contributed by atoms with Crippen molar-refractivity contribution in [2.24, 2.45) is 0 Å². The van der Waals surface area contributed by atoms with Gasteiger partial charge in [0.15, 0.2) is 6.54 Å². The molecule has 0 unspecified atom stereocenters. The van der Waals surface area contributed by atoms with Crippen molar-refractivity contribution in [1.29, 1.82) is 0 Å². The zero-order valence-electron chi connectivity index (χ0n) is 16.2. The Labute approximate surface area is 170 Å². The lowest BCUT2D eigenvalue weighted by Crippen LogP contribution is -3.15. The van der Waals surface area contributed by atoms with E-state index in [9.17, 15) is 18.0 Å². The van der Waals surface area contributed by atoms with Gasteiger partial charge < -0.3 is 15.5 Å². The van der Waals surface area contributed by atoms with Crippen LogP contribution in [0.5, 0.6) is 0 Å². The van der Waals surface area contributed by atoms with Crippen molar-refractivity contribution in [1.82, 2.24) is 9.62 Å². The summed E-state index contributed by atoms with van der Waals surface area (Å²) in [6.07, 6.45) is 0. The van der Waals surface area contributed by atoms with Gasteiger partial charge in [0.05, 0.1) is 31.1 Å². The van der Waals surface area contributed by atoms with Crippen LogP contribution >= 0.6 is 0 Å². The van der Waals surface area contributed by atoms with Gasteiger partial charge in [-0.1, -0.05) is 18.2 Å². The molecule has 0 bridgehead atoms. The normalized spacial score (nSPS) is 15.6. The van der Waals surface area contributed by atoms with Crippen LogP contribution < -0.4 is 15.5 Å². The molecule has 0 spiro atoms. The standard InChI is InChI=1S/C20H24N4O4S/c1-21-20(26)16-7-9-17(10-8-16)22-19(25)15-23-11-13-24(14-12-23)29(27,28)18-5-3-2-4-6-18/h2-10H,11-15H2,1H3,(H,21,26)(H,22,25)/p+1. The second-order valence-corrected chi connectivity index (χ2v) is 8.79. The Morgan fingerprint density at radius 3 is 2.21 bits per heavy atom. The lowest BCUT2D eigenvalue weighted by Gasteiger charge is -2.31. The monoisotopic (exact) mass is 417 g/mol. The fraction of sp³-hybridized carbons (Fsp3) is 0.300. The molecule has 2 aromatic carbocycles. The van der Waals surface area contributed by atoms with Gasteiger partial charge in [0.2, 0.25) is 10.0 Å². The van der Waals surface area contributed by atoms with Crippen molar-refractivity contribution in [2.75, 3.05) is 45.1 Å². The van der Waals surface area contributed by atoms with Gasteiger partial charge in [-0.2, -0.15) is 4.31 Å². The third kappa shape index (κ3) is 5.20. The summed E-state index contributed by atoms with van der Waals surface area (Å²) < 4.78 is 26.8. The summed E-state index contributed by atoms with van der Waals surface area (Å²) in [7, 11) is -1.93. The maximum Gasteiger partial charge on any atom is 0.279 e. The molecular formula is C20H25N4O4S+. The number of carbonyl (C=O) groups is 2. The number of rotatable bonds is 6. The molecule has 154 valence electrons. The molecule has 3 rings (SSSR count). The number of carbonyl (C=O) groups excluding carboxylic acids is 2. The summed E-state index contributed by atoms with van der Waals surface area (Å²) in [5, 5.41) is 5.36. The minimum absolute atomic E-state index is 0.146. The highest BCUT2D eigenvalue weighted by Crippen LogP contribution is 2.14. The zero-order valence-corrected chi connectivity index (χ0v) is 17.0. The third-order valence-corrected chi connectivity index (χ3v) is 6.79. The molecule has 0 aromatic heterocycles. The van der Waals surface area contributed by atoms with Gasteiger partial charge in [-0.05, 0) is 36.4 Å². The summed E-state index contributed by atoms with van der Waals surface area (Å²) in [6.45, 7) is 2.14. The Hall–Kier alpha value is -2.75. The fourth-order valence-electron chi connectivity index (χ4n) is 3.24. The number of hydrogen-bond acceptors (Lipinski definition) is 4. The fourth-order valence-corrected chi connectivity index (χ4v) is 4.71. The largest absolute Gasteiger partial charge is 0.355 e. The second kappa shape index (κ2) is 9.17. The average molecular weight is 418 g/mol. The third-order valence-electron chi connectivity index (χ3n) is 4.88. The van der Waals surface area contributed by atoms with Crippen LogP contribution in [0.15, 0.2) is 59.5 Å². The first-order valence-electron chi connectivity index (χ1n) is 9.41. The molecule has 1 heterocycles. The first-order chi connectivity index (χ1) is 13.9. The van der Waals surface area contributed by atoms with E-state index >= 15 is 0 Å². The molecule has 2 amide bonds. The number of anilines is 1. The lowest BCUT2D eigenvalue weighted by atomic mass is 10.2. The molecule has 9 heteroatoms. The first kappa shape index (κ1) is 21.0. The second-order valence-electron chi connectivity index (χ2n) is 6.85. The van der Waals surface area contributed by atoms with Crippen LogP contribution in [0.25, 0.3) is 0 Å². The number of benzene rings is 2. The van der Waals surface area contributed by atoms with Gasteiger partial charge in [0.25, 0.3) is 11.8 Å². The van der Waals surface area contributed by atoms with E-state index in [1.165, 1.54) is 4.31 Å². The van der Waals surface area contributed by atoms with Crippen LogP contribution in [0.3, 0.4) is 0 Å². The predicted molar refractivity (Wildman–Crippen MR) is 109 cm³/mol. The number of nitrogens with one attached hydrogen (secondary N) is 3. The maximum absolute atomic E-state index is 12.7. The van der Waals surface area contributed by atoms with Crippen LogP contribution in [0.2, 0.25) is 0 Å². The van der Waals surface area contributed by atoms with Crippen LogP contribution in [0, 0.1) is 0 Å². The van der Waals surface area contributed by atoms with Crippen molar-refractivity contribution in [3.8, 4) is 0 Å². The van der Waals surface area contributed by atoms with Crippen LogP contribution in [0.1, 0.15) is 10.4 Å². The van der Waals surface area contributed by atoms with E-state index < -0.39 is 10.0 Å². The molecule has 1 saturated heterocycles. The molecule has 0 radical (unpaired) electrons. The first-order valence-corrected chi connectivity index (χ1v) is 10.8. The molecule has 3 N–H and O–H groups in total. The van der Waals surface area contributed by atoms with Gasteiger partial charge in [0, 0.05) is 18.3 Å². The minimum Gasteiger partial charge on any atom is -0.355 e. The summed E-state index contributed by atoms with van der Waals surface area (Å²) in [4.78, 5) is 25.2. The van der Waals surface area contributed by atoms with Crippen LogP contribution in [0.4, 0.5) is 5.69 Å². The van der Waals surface area contributed by atoms with Crippen molar-refractivity contribution in [2.45, 2.75) is 4.90 Å². The van der Waals surface area contributed by atoms with E-state index in [2.05, 4.69) is 10.6 Å². The molecule has 1 fully saturated rings. The SMILES string of the molecule is CNC(=O)c1ccc(NC(=O)C[NH+]2CCN(S(=O)(=O)c3ccccc3)CC2)cc1. The molecule has 0 atom stereocenters. The van der Waals surface area contributed by atoms with Crippen molar-refractivity contribution in [3.05, 3.63) is 60.2 Å². The van der Waals surface area contributed by atoms with E-state index in [4.69, 9.17) is 0 Å². The summed E-state index contributed by atoms with van der Waals surface area (Å²) in [5.41, 5.74) is 1.14. The molecule has 8 nitrogen and oxygen atoms in total. The number of piperazine rings is 1. The molecule has 2 aromatic rings. The molecule has 1 aliphatic heterocycles. The van der Waals surface area contributed by atoms with Gasteiger partial charge in [-0.3, -0.25) is 9.59 Å². The predicted octanol–water partition coefficient (Wildman–Crippen LogP) is -0.426. The lowest BCUT2D eigenvalue weighted by molar-refractivity contribution is -0.895. The topological polar surface area (TPSA) is 100 Å². The summed E-state index contributed by atoms with van der Waals surface area (Å²) in [5.74, 6) is -0.331. The van der Waals surface area contributed by atoms with Gasteiger partial charge in [-0.15, -0.1) is 0 Å². The molecule has 0 aliphatic carbocycles. The smallest absolute Gasteiger partial charge is 0.279 e. The maximum atomic E-state index is 12.7. The van der Waals surface area contributed by atoms with Crippen LogP contribution in [-0.4, -0.2) is 64.3 Å². The zero-order chi connectivity index (χ0) is 20.9. The Morgan fingerprint density at radius 1 is 1.00 bits per heavy atom.